The van der Waals surface area contributed by atoms with E-state index >= 15 is 0 Å². The van der Waals surface area contributed by atoms with Crippen molar-refractivity contribution < 1.29 is 0 Å². The van der Waals surface area contributed by atoms with Crippen molar-refractivity contribution >= 4 is 59.7 Å². The highest BCUT2D eigenvalue weighted by Crippen LogP contribution is 2.38. The molecule has 0 saturated heterocycles. The molecule has 200 valence electrons. The molecule has 3 aromatic carbocycles. The molecule has 0 amide bonds. The van der Waals surface area contributed by atoms with Crippen LogP contribution in [0.2, 0.25) is 0 Å². The summed E-state index contributed by atoms with van der Waals surface area (Å²) in [7, 11) is 0. The van der Waals surface area contributed by atoms with Gasteiger partial charge in [0.05, 0.1) is 20.8 Å². The maximum atomic E-state index is 14.3. The second-order valence-electron chi connectivity index (χ2n) is 11.8. The zero-order valence-electron chi connectivity index (χ0n) is 23.1. The zero-order valence-corrected chi connectivity index (χ0v) is 24.0. The van der Waals surface area contributed by atoms with Gasteiger partial charge in [-0.1, -0.05) is 56.0 Å². The zero-order chi connectivity index (χ0) is 28.4. The van der Waals surface area contributed by atoms with Crippen molar-refractivity contribution in [1.82, 2.24) is 9.55 Å². The molecule has 0 aliphatic rings. The molecule has 3 N–H and O–H groups in total. The van der Waals surface area contributed by atoms with Crippen LogP contribution in [0.3, 0.4) is 0 Å². The molecule has 0 aliphatic heterocycles. The molecule has 0 bridgehead atoms. The molecular formula is C34H31N3O2S. The molecule has 40 heavy (non-hydrogen) atoms. The van der Waals surface area contributed by atoms with Gasteiger partial charge in [0.15, 0.2) is 0 Å². The number of aromatic amines is 1. The average molecular weight is 546 g/mol. The van der Waals surface area contributed by atoms with Crippen molar-refractivity contribution in [1.29, 1.82) is 0 Å². The number of nitrogens with zero attached hydrogens (tertiary/aromatic N) is 1. The molecule has 0 unspecified atom stereocenters. The lowest BCUT2D eigenvalue weighted by Gasteiger charge is -2.31. The number of aromatic nitrogens is 2. The van der Waals surface area contributed by atoms with Crippen molar-refractivity contribution in [3.8, 4) is 11.8 Å². The standard InChI is InChI=1S/C34H31N3O2S/c1-6-33(2,3)17-18-34(4,5)37-31(38)24-15-14-23-22-9-7-8-10-26(22)36-30-20(11-12-21-13-16-27(35)40-21)19-25(32(37)39)28(24)29(23)30/h6-10,13-16,19,36H,1,17-18,35H2,2-5H3. The van der Waals surface area contributed by atoms with Crippen LogP contribution in [0.15, 0.2) is 76.8 Å². The molecular weight excluding hydrogens is 514 g/mol. The molecule has 6 rings (SSSR count). The van der Waals surface area contributed by atoms with Gasteiger partial charge in [0.1, 0.15) is 0 Å². The Morgan fingerprint density at radius 3 is 2.35 bits per heavy atom. The molecule has 0 aliphatic carbocycles. The lowest BCUT2D eigenvalue weighted by atomic mass is 9.83. The first-order chi connectivity index (χ1) is 19.0. The van der Waals surface area contributed by atoms with Crippen LogP contribution in [0.25, 0.3) is 43.4 Å². The van der Waals surface area contributed by atoms with Crippen LogP contribution < -0.4 is 16.9 Å². The second kappa shape index (κ2) is 9.11. The number of H-pyrrole nitrogens is 1. The van der Waals surface area contributed by atoms with Gasteiger partial charge >= 0.3 is 0 Å². The van der Waals surface area contributed by atoms with Crippen molar-refractivity contribution in [2.75, 3.05) is 5.73 Å². The van der Waals surface area contributed by atoms with E-state index in [0.717, 1.165) is 38.5 Å². The molecule has 0 radical (unpaired) electrons. The van der Waals surface area contributed by atoms with Gasteiger partial charge in [0, 0.05) is 38.2 Å². The number of hydrogen-bond donors (Lipinski definition) is 2. The Balaban J connectivity index is 1.71. The summed E-state index contributed by atoms with van der Waals surface area (Å²) >= 11 is 1.42. The smallest absolute Gasteiger partial charge is 0.261 e. The van der Waals surface area contributed by atoms with Crippen LogP contribution in [0.4, 0.5) is 5.00 Å². The summed E-state index contributed by atoms with van der Waals surface area (Å²) < 4.78 is 1.45. The highest BCUT2D eigenvalue weighted by Gasteiger charge is 2.30. The number of allylic oxidation sites excluding steroid dienone is 1. The van der Waals surface area contributed by atoms with E-state index in [9.17, 15) is 9.59 Å². The lowest BCUT2D eigenvalue weighted by molar-refractivity contribution is 0.263. The predicted molar refractivity (Wildman–Crippen MR) is 170 cm³/mol. The van der Waals surface area contributed by atoms with Gasteiger partial charge in [-0.25, -0.2) is 0 Å². The van der Waals surface area contributed by atoms with E-state index in [1.807, 2.05) is 68.5 Å². The van der Waals surface area contributed by atoms with Crippen LogP contribution >= 0.6 is 11.3 Å². The number of para-hydroxylation sites is 1. The Kier molecular flexibility index (Phi) is 5.90. The number of fused-ring (bicyclic) bond motifs is 2. The predicted octanol–water partition coefficient (Wildman–Crippen LogP) is 7.36. The number of hydrogen-bond acceptors (Lipinski definition) is 4. The SMILES string of the molecule is C=CC(C)(C)CCC(C)(C)n1c(=O)c2ccc3c4ccccc4[nH]c4c(C#Cc5ccc(N)s5)cc(c1=O)c2c43. The summed E-state index contributed by atoms with van der Waals surface area (Å²) in [5.74, 6) is 6.54. The van der Waals surface area contributed by atoms with Gasteiger partial charge in [-0.05, 0) is 67.8 Å². The van der Waals surface area contributed by atoms with Crippen molar-refractivity contribution in [3.63, 3.8) is 0 Å². The normalized spacial score (nSPS) is 12.4. The topological polar surface area (TPSA) is 80.9 Å². The third-order valence-electron chi connectivity index (χ3n) is 8.11. The van der Waals surface area contributed by atoms with Gasteiger partial charge < -0.3 is 10.7 Å². The van der Waals surface area contributed by atoms with E-state index in [0.29, 0.717) is 33.1 Å². The number of benzene rings is 3. The minimum atomic E-state index is -0.696. The first kappa shape index (κ1) is 25.9. The quantitative estimate of drug-likeness (QED) is 0.103. The van der Waals surface area contributed by atoms with Gasteiger partial charge in [0.2, 0.25) is 0 Å². The molecule has 6 aromatic rings. The highest BCUT2D eigenvalue weighted by molar-refractivity contribution is 7.16. The molecule has 0 fully saturated rings. The Morgan fingerprint density at radius 1 is 0.900 bits per heavy atom. The molecule has 0 atom stereocenters. The summed E-state index contributed by atoms with van der Waals surface area (Å²) in [6, 6.07) is 17.5. The maximum absolute atomic E-state index is 14.3. The van der Waals surface area contributed by atoms with Crippen molar-refractivity contribution in [3.05, 3.63) is 98.4 Å². The molecule has 3 aromatic heterocycles. The highest BCUT2D eigenvalue weighted by atomic mass is 32.1. The third-order valence-corrected chi connectivity index (χ3v) is 8.94. The Labute approximate surface area is 236 Å². The molecule has 5 nitrogen and oxygen atoms in total. The molecule has 0 spiro atoms. The fraction of sp³-hybridized carbons (Fsp3) is 0.235. The van der Waals surface area contributed by atoms with E-state index in [4.69, 9.17) is 5.73 Å². The lowest BCUT2D eigenvalue weighted by Crippen LogP contribution is -2.45. The summed E-state index contributed by atoms with van der Waals surface area (Å²) in [6.45, 7) is 12.1. The van der Waals surface area contributed by atoms with Gasteiger partial charge in [-0.2, -0.15) is 0 Å². The average Bonchev–Trinajstić information content (AvgIpc) is 3.35. The van der Waals surface area contributed by atoms with Gasteiger partial charge in [0.25, 0.3) is 11.1 Å². The Bertz CT molecular complexity index is 2150. The maximum Gasteiger partial charge on any atom is 0.261 e. The largest absolute Gasteiger partial charge is 0.391 e. The Hall–Kier alpha value is -4.34. The first-order valence-corrected chi connectivity index (χ1v) is 14.2. The number of pyridine rings is 2. The minimum absolute atomic E-state index is 0.106. The number of nitrogens with two attached hydrogens (primary N) is 1. The number of rotatable bonds is 5. The van der Waals surface area contributed by atoms with E-state index < -0.39 is 5.54 Å². The summed E-state index contributed by atoms with van der Waals surface area (Å²) in [5, 5.41) is 5.29. The van der Waals surface area contributed by atoms with E-state index in [-0.39, 0.29) is 16.5 Å². The summed E-state index contributed by atoms with van der Waals surface area (Å²) in [6.07, 6.45) is 3.37. The van der Waals surface area contributed by atoms with E-state index in [1.165, 1.54) is 15.9 Å². The molecule has 0 saturated carbocycles. The Morgan fingerprint density at radius 2 is 1.62 bits per heavy atom. The molecule has 6 heteroatoms. The van der Waals surface area contributed by atoms with Gasteiger partial charge in [-0.15, -0.1) is 17.9 Å². The molecule has 3 heterocycles. The van der Waals surface area contributed by atoms with E-state index in [2.05, 4.69) is 43.3 Å². The van der Waals surface area contributed by atoms with Crippen LogP contribution in [-0.2, 0) is 5.54 Å². The fourth-order valence-corrected chi connectivity index (χ4v) is 6.23. The number of anilines is 1. The van der Waals surface area contributed by atoms with Crippen molar-refractivity contribution in [2.45, 2.75) is 46.1 Å². The summed E-state index contributed by atoms with van der Waals surface area (Å²) in [4.78, 5) is 32.7. The summed E-state index contributed by atoms with van der Waals surface area (Å²) in [5.41, 5.74) is 7.05. The van der Waals surface area contributed by atoms with Crippen LogP contribution in [0.5, 0.6) is 0 Å². The van der Waals surface area contributed by atoms with Crippen LogP contribution in [0, 0.1) is 17.3 Å². The minimum Gasteiger partial charge on any atom is -0.391 e. The third kappa shape index (κ3) is 4.09. The number of nitrogens with one attached hydrogen (secondary N) is 1. The fourth-order valence-electron chi connectivity index (χ4n) is 5.60. The number of nitrogen functional groups attached to an aromatic ring is 1. The van der Waals surface area contributed by atoms with Crippen LogP contribution in [0.1, 0.15) is 51.0 Å². The second-order valence-corrected chi connectivity index (χ2v) is 12.9. The van der Waals surface area contributed by atoms with Crippen molar-refractivity contribution in [2.24, 2.45) is 5.41 Å². The monoisotopic (exact) mass is 545 g/mol. The first-order valence-electron chi connectivity index (χ1n) is 13.4. The van der Waals surface area contributed by atoms with Crippen LogP contribution in [-0.4, -0.2) is 9.55 Å². The number of thiophene rings is 1. The van der Waals surface area contributed by atoms with Gasteiger partial charge in [-0.3, -0.25) is 14.2 Å². The van der Waals surface area contributed by atoms with E-state index in [1.54, 1.807) is 0 Å².